The number of rotatable bonds is 3. The third-order valence-electron chi connectivity index (χ3n) is 4.25. The molecule has 0 aliphatic carbocycles. The molecule has 0 bridgehead atoms. The van der Waals surface area contributed by atoms with Gasteiger partial charge in [0.2, 0.25) is 0 Å². The molecular formula is C16H21N5O. The summed E-state index contributed by atoms with van der Waals surface area (Å²) in [7, 11) is 0. The van der Waals surface area contributed by atoms with E-state index in [1.807, 2.05) is 4.90 Å². The van der Waals surface area contributed by atoms with Gasteiger partial charge in [-0.15, -0.1) is 10.2 Å². The van der Waals surface area contributed by atoms with Crippen LogP contribution in [0.3, 0.4) is 0 Å². The molecule has 1 atom stereocenters. The highest BCUT2D eigenvalue weighted by Crippen LogP contribution is 2.41. The van der Waals surface area contributed by atoms with E-state index in [-0.39, 0.29) is 17.4 Å². The summed E-state index contributed by atoms with van der Waals surface area (Å²) in [5.74, 6) is 1.03. The summed E-state index contributed by atoms with van der Waals surface area (Å²) < 4.78 is 1.75. The van der Waals surface area contributed by atoms with Crippen LogP contribution in [-0.4, -0.2) is 43.1 Å². The standard InChI is InChI=1S/C16H21N5O/c1-11(2)14-16(3,4)9-21(14)15(22)12-5-6-13(19-18-12)20-8-7-17-10-20/h5-8,10-11,14H,9H2,1-4H3. The maximum Gasteiger partial charge on any atom is 0.274 e. The summed E-state index contributed by atoms with van der Waals surface area (Å²) in [6.07, 6.45) is 5.12. The van der Waals surface area contributed by atoms with Crippen LogP contribution in [0.2, 0.25) is 0 Å². The zero-order valence-electron chi connectivity index (χ0n) is 13.4. The van der Waals surface area contributed by atoms with Gasteiger partial charge >= 0.3 is 0 Å². The number of aromatic nitrogens is 4. The fourth-order valence-corrected chi connectivity index (χ4v) is 3.52. The van der Waals surface area contributed by atoms with Crippen molar-refractivity contribution >= 4 is 5.91 Å². The van der Waals surface area contributed by atoms with Gasteiger partial charge in [-0.2, -0.15) is 0 Å². The molecule has 0 radical (unpaired) electrons. The minimum Gasteiger partial charge on any atom is -0.333 e. The molecule has 2 aromatic heterocycles. The third-order valence-corrected chi connectivity index (χ3v) is 4.25. The first-order valence-corrected chi connectivity index (χ1v) is 7.53. The number of hydrogen-bond acceptors (Lipinski definition) is 4. The first kappa shape index (κ1) is 14.7. The van der Waals surface area contributed by atoms with Crippen molar-refractivity contribution < 1.29 is 4.79 Å². The molecular weight excluding hydrogens is 278 g/mol. The Balaban J connectivity index is 1.79. The molecule has 0 aromatic carbocycles. The van der Waals surface area contributed by atoms with Gasteiger partial charge in [0.25, 0.3) is 5.91 Å². The minimum absolute atomic E-state index is 0.0392. The van der Waals surface area contributed by atoms with Gasteiger partial charge in [-0.25, -0.2) is 4.98 Å². The summed E-state index contributed by atoms with van der Waals surface area (Å²) in [5.41, 5.74) is 0.554. The molecule has 2 aromatic rings. The van der Waals surface area contributed by atoms with E-state index in [9.17, 15) is 4.79 Å². The predicted molar refractivity (Wildman–Crippen MR) is 82.6 cm³/mol. The third kappa shape index (κ3) is 2.38. The van der Waals surface area contributed by atoms with Gasteiger partial charge in [0.05, 0.1) is 0 Å². The van der Waals surface area contributed by atoms with Gasteiger partial charge in [-0.3, -0.25) is 9.36 Å². The second kappa shape index (κ2) is 5.19. The molecule has 116 valence electrons. The molecule has 1 aliphatic rings. The molecule has 1 aliphatic heterocycles. The fraction of sp³-hybridized carbons (Fsp3) is 0.500. The normalized spacial score (nSPS) is 20.0. The van der Waals surface area contributed by atoms with E-state index in [0.29, 0.717) is 17.4 Å². The smallest absolute Gasteiger partial charge is 0.274 e. The number of imidazole rings is 1. The van der Waals surface area contributed by atoms with Gasteiger partial charge in [-0.05, 0) is 18.1 Å². The predicted octanol–water partition coefficient (Wildman–Crippen LogP) is 2.17. The Kier molecular flexibility index (Phi) is 3.47. The fourth-order valence-electron chi connectivity index (χ4n) is 3.52. The van der Waals surface area contributed by atoms with Crippen LogP contribution in [0.25, 0.3) is 5.82 Å². The van der Waals surface area contributed by atoms with Crippen molar-refractivity contribution in [3.63, 3.8) is 0 Å². The van der Waals surface area contributed by atoms with Crippen molar-refractivity contribution in [2.45, 2.75) is 33.7 Å². The molecule has 3 rings (SSSR count). The Morgan fingerprint density at radius 1 is 1.32 bits per heavy atom. The summed E-state index contributed by atoms with van der Waals surface area (Å²) in [6.45, 7) is 9.48. The highest BCUT2D eigenvalue weighted by Gasteiger charge is 2.49. The highest BCUT2D eigenvalue weighted by molar-refractivity contribution is 5.93. The zero-order valence-corrected chi connectivity index (χ0v) is 13.4. The Morgan fingerprint density at radius 3 is 2.59 bits per heavy atom. The molecule has 0 N–H and O–H groups in total. The number of carbonyl (C=O) groups is 1. The Hall–Kier alpha value is -2.24. The van der Waals surface area contributed by atoms with E-state index in [1.165, 1.54) is 0 Å². The average molecular weight is 299 g/mol. The second-order valence-electron chi connectivity index (χ2n) is 6.86. The quantitative estimate of drug-likeness (QED) is 0.871. The lowest BCUT2D eigenvalue weighted by Gasteiger charge is -2.56. The lowest BCUT2D eigenvalue weighted by atomic mass is 9.70. The van der Waals surface area contributed by atoms with Crippen LogP contribution in [0.1, 0.15) is 38.2 Å². The summed E-state index contributed by atoms with van der Waals surface area (Å²) in [6, 6.07) is 3.76. The Labute approximate surface area is 130 Å². The zero-order chi connectivity index (χ0) is 15.9. The van der Waals surface area contributed by atoms with Crippen LogP contribution < -0.4 is 0 Å². The van der Waals surface area contributed by atoms with Crippen LogP contribution in [0.15, 0.2) is 30.9 Å². The van der Waals surface area contributed by atoms with Crippen molar-refractivity contribution in [2.75, 3.05) is 6.54 Å². The number of hydrogen-bond donors (Lipinski definition) is 0. The first-order chi connectivity index (χ1) is 10.4. The number of amides is 1. The molecule has 0 saturated carbocycles. The minimum atomic E-state index is -0.0392. The van der Waals surface area contributed by atoms with E-state index in [1.54, 1.807) is 35.4 Å². The molecule has 1 unspecified atom stereocenters. The van der Waals surface area contributed by atoms with Crippen LogP contribution in [0.4, 0.5) is 0 Å². The SMILES string of the molecule is CC(C)C1N(C(=O)c2ccc(-n3ccnc3)nn2)CC1(C)C. The summed E-state index contributed by atoms with van der Waals surface area (Å²) in [5, 5.41) is 8.20. The van der Waals surface area contributed by atoms with Crippen molar-refractivity contribution in [1.82, 2.24) is 24.6 Å². The van der Waals surface area contributed by atoms with Gasteiger partial charge in [-0.1, -0.05) is 27.7 Å². The Morgan fingerprint density at radius 2 is 2.09 bits per heavy atom. The van der Waals surface area contributed by atoms with Crippen molar-refractivity contribution in [3.8, 4) is 5.82 Å². The largest absolute Gasteiger partial charge is 0.333 e. The summed E-state index contributed by atoms with van der Waals surface area (Å²) in [4.78, 5) is 18.5. The average Bonchev–Trinajstić information content (AvgIpc) is 2.98. The van der Waals surface area contributed by atoms with E-state index in [4.69, 9.17) is 0 Å². The van der Waals surface area contributed by atoms with Crippen LogP contribution in [0.5, 0.6) is 0 Å². The molecule has 6 heteroatoms. The van der Waals surface area contributed by atoms with Gasteiger partial charge in [0, 0.05) is 30.4 Å². The Bertz CT molecular complexity index is 660. The molecule has 1 fully saturated rings. The lowest BCUT2D eigenvalue weighted by molar-refractivity contribution is -0.0523. The molecule has 6 nitrogen and oxygen atoms in total. The van der Waals surface area contributed by atoms with Crippen LogP contribution in [-0.2, 0) is 0 Å². The lowest BCUT2D eigenvalue weighted by Crippen LogP contribution is -2.65. The van der Waals surface area contributed by atoms with Crippen molar-refractivity contribution in [2.24, 2.45) is 11.3 Å². The van der Waals surface area contributed by atoms with E-state index >= 15 is 0 Å². The van der Waals surface area contributed by atoms with Crippen molar-refractivity contribution in [3.05, 3.63) is 36.5 Å². The number of carbonyl (C=O) groups excluding carboxylic acids is 1. The number of likely N-dealkylation sites (tertiary alicyclic amines) is 1. The molecule has 22 heavy (non-hydrogen) atoms. The molecule has 1 saturated heterocycles. The van der Waals surface area contributed by atoms with Gasteiger partial charge < -0.3 is 4.90 Å². The first-order valence-electron chi connectivity index (χ1n) is 7.53. The van der Waals surface area contributed by atoms with Gasteiger partial charge in [0.15, 0.2) is 11.5 Å². The molecule has 1 amide bonds. The van der Waals surface area contributed by atoms with Crippen LogP contribution in [0, 0.1) is 11.3 Å². The highest BCUT2D eigenvalue weighted by atomic mass is 16.2. The van der Waals surface area contributed by atoms with Gasteiger partial charge in [0.1, 0.15) is 6.33 Å². The summed E-state index contributed by atoms with van der Waals surface area (Å²) >= 11 is 0. The maximum absolute atomic E-state index is 12.6. The number of nitrogens with zero attached hydrogens (tertiary/aromatic N) is 5. The molecule has 3 heterocycles. The topological polar surface area (TPSA) is 63.9 Å². The van der Waals surface area contributed by atoms with E-state index < -0.39 is 0 Å². The second-order valence-corrected chi connectivity index (χ2v) is 6.86. The van der Waals surface area contributed by atoms with Crippen LogP contribution >= 0.6 is 0 Å². The van der Waals surface area contributed by atoms with Crippen molar-refractivity contribution in [1.29, 1.82) is 0 Å². The maximum atomic E-state index is 12.6. The molecule has 0 spiro atoms. The monoisotopic (exact) mass is 299 g/mol. The van der Waals surface area contributed by atoms with E-state index in [0.717, 1.165) is 6.54 Å². The van der Waals surface area contributed by atoms with E-state index in [2.05, 4.69) is 42.9 Å².